The van der Waals surface area contributed by atoms with Gasteiger partial charge in [-0.05, 0) is 23.3 Å². The zero-order chi connectivity index (χ0) is 13.4. The number of carbonyl (C=O) groups excluding carboxylic acids is 2. The average Bonchev–Trinajstić information content (AvgIpc) is 2.43. The Labute approximate surface area is 123 Å². The van der Waals surface area contributed by atoms with Crippen LogP contribution < -0.4 is 0 Å². The highest BCUT2D eigenvalue weighted by molar-refractivity contribution is 9.09. The minimum absolute atomic E-state index is 0.0295. The van der Waals surface area contributed by atoms with E-state index in [4.69, 9.17) is 0 Å². The van der Waals surface area contributed by atoms with Crippen molar-refractivity contribution >= 4 is 55.6 Å². The van der Waals surface area contributed by atoms with Crippen molar-refractivity contribution in [1.82, 2.24) is 0 Å². The van der Waals surface area contributed by atoms with E-state index in [-0.39, 0.29) is 11.6 Å². The molecule has 0 saturated heterocycles. The van der Waals surface area contributed by atoms with E-state index in [1.807, 2.05) is 24.3 Å². The van der Waals surface area contributed by atoms with Crippen molar-refractivity contribution in [3.05, 3.63) is 47.5 Å². The van der Waals surface area contributed by atoms with Gasteiger partial charge in [-0.3, -0.25) is 9.59 Å². The molecule has 0 saturated carbocycles. The lowest BCUT2D eigenvalue weighted by molar-refractivity contribution is -0.113. The number of ketones is 2. The van der Waals surface area contributed by atoms with Gasteiger partial charge in [-0.2, -0.15) is 0 Å². The van der Waals surface area contributed by atoms with Crippen molar-refractivity contribution in [2.24, 2.45) is 0 Å². The van der Waals surface area contributed by atoms with E-state index in [0.29, 0.717) is 10.7 Å². The summed E-state index contributed by atoms with van der Waals surface area (Å²) in [6.07, 6.45) is 6.60. The topological polar surface area (TPSA) is 34.1 Å². The van der Waals surface area contributed by atoms with Crippen LogP contribution in [0.1, 0.15) is 11.1 Å². The molecule has 4 heteroatoms. The standard InChI is InChI=1S/C14H12Br2O2/c15-9-13(17)7-5-11-1-2-12(4-3-11)6-8-14(18)10-16/h1-8H,9-10H2. The van der Waals surface area contributed by atoms with E-state index in [1.165, 1.54) is 12.2 Å². The summed E-state index contributed by atoms with van der Waals surface area (Å²) in [6, 6.07) is 7.60. The maximum Gasteiger partial charge on any atom is 0.166 e. The van der Waals surface area contributed by atoms with E-state index in [9.17, 15) is 9.59 Å². The molecule has 18 heavy (non-hydrogen) atoms. The first-order valence-electron chi connectivity index (χ1n) is 5.29. The van der Waals surface area contributed by atoms with Gasteiger partial charge >= 0.3 is 0 Å². The van der Waals surface area contributed by atoms with Gasteiger partial charge in [-0.1, -0.05) is 68.3 Å². The number of rotatable bonds is 6. The third-order valence-electron chi connectivity index (χ3n) is 2.12. The second kappa shape index (κ2) is 8.16. The van der Waals surface area contributed by atoms with Crippen molar-refractivity contribution in [2.75, 3.05) is 10.7 Å². The molecule has 0 spiro atoms. The normalized spacial score (nSPS) is 11.2. The molecule has 0 aliphatic rings. The number of hydrogen-bond donors (Lipinski definition) is 0. The van der Waals surface area contributed by atoms with E-state index in [1.54, 1.807) is 12.2 Å². The van der Waals surface area contributed by atoms with Crippen molar-refractivity contribution < 1.29 is 9.59 Å². The summed E-state index contributed by atoms with van der Waals surface area (Å²) in [6.45, 7) is 0. The molecule has 0 amide bonds. The summed E-state index contributed by atoms with van der Waals surface area (Å²) < 4.78 is 0. The summed E-state index contributed by atoms with van der Waals surface area (Å²) >= 11 is 6.19. The molecule has 1 aromatic carbocycles. The molecule has 0 bridgehead atoms. The maximum atomic E-state index is 11.1. The van der Waals surface area contributed by atoms with Crippen LogP contribution in [0, 0.1) is 0 Å². The molecule has 0 aliphatic heterocycles. The zero-order valence-electron chi connectivity index (χ0n) is 9.61. The smallest absolute Gasteiger partial charge is 0.166 e. The van der Waals surface area contributed by atoms with Crippen LogP contribution in [0.4, 0.5) is 0 Å². The highest BCUT2D eigenvalue weighted by Crippen LogP contribution is 2.08. The third-order valence-corrected chi connectivity index (χ3v) is 3.23. The molecule has 0 aromatic heterocycles. The molecule has 0 aliphatic carbocycles. The fourth-order valence-corrected chi connectivity index (χ4v) is 1.56. The van der Waals surface area contributed by atoms with Crippen molar-refractivity contribution in [2.45, 2.75) is 0 Å². The predicted octanol–water partition coefficient (Wildman–Crippen LogP) is 3.64. The fraction of sp³-hybridized carbons (Fsp3) is 0.143. The molecule has 0 fully saturated rings. The average molecular weight is 372 g/mol. The Balaban J connectivity index is 2.68. The molecule has 1 rings (SSSR count). The summed E-state index contributed by atoms with van der Waals surface area (Å²) in [5.41, 5.74) is 1.90. The summed E-state index contributed by atoms with van der Waals surface area (Å²) in [5, 5.41) is 0.665. The summed E-state index contributed by atoms with van der Waals surface area (Å²) in [5.74, 6) is 0.0591. The van der Waals surface area contributed by atoms with Gasteiger partial charge < -0.3 is 0 Å². The van der Waals surface area contributed by atoms with E-state index in [2.05, 4.69) is 31.9 Å². The molecule has 0 atom stereocenters. The van der Waals surface area contributed by atoms with Gasteiger partial charge in [0, 0.05) is 0 Å². The van der Waals surface area contributed by atoms with E-state index < -0.39 is 0 Å². The molecule has 94 valence electrons. The van der Waals surface area contributed by atoms with Crippen LogP contribution in [0.15, 0.2) is 36.4 Å². The highest BCUT2D eigenvalue weighted by atomic mass is 79.9. The minimum atomic E-state index is 0.0295. The first-order chi connectivity index (χ1) is 8.65. The van der Waals surface area contributed by atoms with Crippen LogP contribution >= 0.6 is 31.9 Å². The summed E-state index contributed by atoms with van der Waals surface area (Å²) in [4.78, 5) is 22.2. The Hall–Kier alpha value is -1.00. The first kappa shape index (κ1) is 15.1. The van der Waals surface area contributed by atoms with Gasteiger partial charge in [0.05, 0.1) is 10.7 Å². The largest absolute Gasteiger partial charge is 0.294 e. The predicted molar refractivity (Wildman–Crippen MR) is 82.1 cm³/mol. The quantitative estimate of drug-likeness (QED) is 0.565. The van der Waals surface area contributed by atoms with Crippen LogP contribution in [0.3, 0.4) is 0 Å². The number of alkyl halides is 2. The lowest BCUT2D eigenvalue weighted by Gasteiger charge is -1.95. The first-order valence-corrected chi connectivity index (χ1v) is 7.54. The Morgan fingerprint density at radius 3 is 1.44 bits per heavy atom. The van der Waals surface area contributed by atoms with Gasteiger partial charge in [0.25, 0.3) is 0 Å². The van der Waals surface area contributed by atoms with Crippen LogP contribution in [0.2, 0.25) is 0 Å². The number of carbonyl (C=O) groups is 2. The van der Waals surface area contributed by atoms with Crippen molar-refractivity contribution in [3.8, 4) is 0 Å². The SMILES string of the molecule is O=C(C=Cc1ccc(C=CC(=O)CBr)cc1)CBr. The van der Waals surface area contributed by atoms with Gasteiger partial charge in [0.2, 0.25) is 0 Å². The Kier molecular flexibility index (Phi) is 6.83. The lowest BCUT2D eigenvalue weighted by Crippen LogP contribution is -1.91. The minimum Gasteiger partial charge on any atom is -0.294 e. The highest BCUT2D eigenvalue weighted by Gasteiger charge is 1.94. The number of allylic oxidation sites excluding steroid dienone is 2. The van der Waals surface area contributed by atoms with E-state index in [0.717, 1.165) is 11.1 Å². The molecule has 0 unspecified atom stereocenters. The monoisotopic (exact) mass is 370 g/mol. The molecular formula is C14H12Br2O2. The van der Waals surface area contributed by atoms with Gasteiger partial charge in [0.1, 0.15) is 0 Å². The molecule has 0 radical (unpaired) electrons. The van der Waals surface area contributed by atoms with Crippen molar-refractivity contribution in [1.29, 1.82) is 0 Å². The van der Waals surface area contributed by atoms with Crippen LogP contribution in [0.25, 0.3) is 12.2 Å². The Morgan fingerprint density at radius 1 is 0.833 bits per heavy atom. The Morgan fingerprint density at radius 2 is 1.17 bits per heavy atom. The van der Waals surface area contributed by atoms with Crippen molar-refractivity contribution in [3.63, 3.8) is 0 Å². The van der Waals surface area contributed by atoms with E-state index >= 15 is 0 Å². The second-order valence-electron chi connectivity index (χ2n) is 3.53. The number of halogens is 2. The van der Waals surface area contributed by atoms with Gasteiger partial charge in [-0.15, -0.1) is 0 Å². The molecule has 0 N–H and O–H groups in total. The van der Waals surface area contributed by atoms with Gasteiger partial charge in [-0.25, -0.2) is 0 Å². The number of hydrogen-bond acceptors (Lipinski definition) is 2. The summed E-state index contributed by atoms with van der Waals surface area (Å²) in [7, 11) is 0. The lowest BCUT2D eigenvalue weighted by atomic mass is 10.1. The van der Waals surface area contributed by atoms with Crippen LogP contribution in [0.5, 0.6) is 0 Å². The Bertz CT molecular complexity index is 428. The molecule has 1 aromatic rings. The molecule has 0 heterocycles. The zero-order valence-corrected chi connectivity index (χ0v) is 12.8. The van der Waals surface area contributed by atoms with Gasteiger partial charge in [0.15, 0.2) is 11.6 Å². The maximum absolute atomic E-state index is 11.1. The molecule has 2 nitrogen and oxygen atoms in total. The third kappa shape index (κ3) is 5.56. The van der Waals surface area contributed by atoms with Crippen LogP contribution in [-0.2, 0) is 9.59 Å². The van der Waals surface area contributed by atoms with Crippen LogP contribution in [-0.4, -0.2) is 22.2 Å². The number of benzene rings is 1. The molecular weight excluding hydrogens is 360 g/mol. The fourth-order valence-electron chi connectivity index (χ4n) is 1.19. The second-order valence-corrected chi connectivity index (χ2v) is 4.65.